The molecule has 0 saturated carbocycles. The molecule has 3 aromatic heterocycles. The third-order valence-electron chi connectivity index (χ3n) is 2.48. The molecular weight excluding hydrogens is 234 g/mol. The van der Waals surface area contributed by atoms with Gasteiger partial charge in [0.25, 0.3) is 5.89 Å². The van der Waals surface area contributed by atoms with Gasteiger partial charge in [0.15, 0.2) is 0 Å². The van der Waals surface area contributed by atoms with Crippen molar-refractivity contribution >= 4 is 0 Å². The van der Waals surface area contributed by atoms with Crippen molar-refractivity contribution in [2.75, 3.05) is 0 Å². The van der Waals surface area contributed by atoms with Crippen LogP contribution in [0.2, 0.25) is 0 Å². The molecule has 1 N–H and O–H groups in total. The molecule has 0 unspecified atom stereocenters. The number of aryl methyl sites for hydroxylation is 1. The van der Waals surface area contributed by atoms with Crippen LogP contribution in [0.5, 0.6) is 0 Å². The van der Waals surface area contributed by atoms with E-state index in [0.717, 1.165) is 5.69 Å². The Hall–Kier alpha value is -2.70. The quantitative estimate of drug-likeness (QED) is 0.722. The SMILES string of the molecule is Cc1nn(-c2cccnc2)cc1-c1n[nH]c(=O)o1. The van der Waals surface area contributed by atoms with Crippen molar-refractivity contribution in [3.8, 4) is 17.1 Å². The van der Waals surface area contributed by atoms with Crippen molar-refractivity contribution in [1.82, 2.24) is 25.0 Å². The van der Waals surface area contributed by atoms with Gasteiger partial charge in [-0.25, -0.2) is 14.6 Å². The fraction of sp³-hybridized carbons (Fsp3) is 0.0909. The fourth-order valence-corrected chi connectivity index (χ4v) is 1.64. The lowest BCUT2D eigenvalue weighted by atomic mass is 10.3. The Kier molecular flexibility index (Phi) is 2.30. The lowest BCUT2D eigenvalue weighted by molar-refractivity contribution is 0.526. The van der Waals surface area contributed by atoms with Crippen molar-refractivity contribution < 1.29 is 4.42 Å². The molecule has 0 aliphatic rings. The van der Waals surface area contributed by atoms with Crippen LogP contribution in [0.15, 0.2) is 39.9 Å². The van der Waals surface area contributed by atoms with Gasteiger partial charge in [0.05, 0.1) is 23.1 Å². The molecule has 0 spiro atoms. The van der Waals surface area contributed by atoms with Gasteiger partial charge in [-0.2, -0.15) is 5.10 Å². The first-order valence-electron chi connectivity index (χ1n) is 5.26. The van der Waals surface area contributed by atoms with Gasteiger partial charge in [-0.05, 0) is 19.1 Å². The van der Waals surface area contributed by atoms with Crippen LogP contribution in [0.1, 0.15) is 5.69 Å². The number of pyridine rings is 1. The Bertz CT molecular complexity index is 725. The predicted octanol–water partition coefficient (Wildman–Crippen LogP) is 0.919. The van der Waals surface area contributed by atoms with Crippen LogP contribution in [0.25, 0.3) is 17.1 Å². The maximum absolute atomic E-state index is 10.9. The lowest BCUT2D eigenvalue weighted by Crippen LogP contribution is -1.94. The van der Waals surface area contributed by atoms with Gasteiger partial charge < -0.3 is 4.42 Å². The smallest absolute Gasteiger partial charge is 0.388 e. The first-order valence-corrected chi connectivity index (χ1v) is 5.26. The fourth-order valence-electron chi connectivity index (χ4n) is 1.64. The second kappa shape index (κ2) is 3.95. The summed E-state index contributed by atoms with van der Waals surface area (Å²) in [7, 11) is 0. The van der Waals surface area contributed by atoms with Gasteiger partial charge in [0.2, 0.25) is 0 Å². The highest BCUT2D eigenvalue weighted by molar-refractivity contribution is 5.55. The van der Waals surface area contributed by atoms with E-state index in [1.54, 1.807) is 23.3 Å². The minimum absolute atomic E-state index is 0.229. The third-order valence-corrected chi connectivity index (χ3v) is 2.48. The highest BCUT2D eigenvalue weighted by atomic mass is 16.4. The third kappa shape index (κ3) is 1.71. The van der Waals surface area contributed by atoms with Gasteiger partial charge >= 0.3 is 5.76 Å². The van der Waals surface area contributed by atoms with Crippen molar-refractivity contribution in [1.29, 1.82) is 0 Å². The van der Waals surface area contributed by atoms with E-state index in [-0.39, 0.29) is 5.89 Å². The summed E-state index contributed by atoms with van der Waals surface area (Å²) >= 11 is 0. The summed E-state index contributed by atoms with van der Waals surface area (Å²) in [5.41, 5.74) is 2.20. The van der Waals surface area contributed by atoms with Crippen molar-refractivity contribution in [2.24, 2.45) is 0 Å². The highest BCUT2D eigenvalue weighted by Crippen LogP contribution is 2.20. The Labute approximate surface area is 101 Å². The lowest BCUT2D eigenvalue weighted by Gasteiger charge is -1.97. The Balaban J connectivity index is 2.09. The van der Waals surface area contributed by atoms with Crippen LogP contribution >= 0.6 is 0 Å². The van der Waals surface area contributed by atoms with Crippen molar-refractivity contribution in [3.05, 3.63) is 47.0 Å². The molecule has 3 heterocycles. The molecule has 3 rings (SSSR count). The van der Waals surface area contributed by atoms with E-state index >= 15 is 0 Å². The number of nitrogens with one attached hydrogen (secondary N) is 1. The van der Waals surface area contributed by atoms with Crippen LogP contribution in [-0.4, -0.2) is 25.0 Å². The minimum Gasteiger partial charge on any atom is -0.388 e. The Morgan fingerprint density at radius 3 is 3.00 bits per heavy atom. The summed E-state index contributed by atoms with van der Waals surface area (Å²) in [6.45, 7) is 1.82. The first-order chi connectivity index (χ1) is 8.74. The van der Waals surface area contributed by atoms with E-state index in [4.69, 9.17) is 4.42 Å². The van der Waals surface area contributed by atoms with E-state index in [1.807, 2.05) is 19.1 Å². The highest BCUT2D eigenvalue weighted by Gasteiger charge is 2.13. The molecule has 0 amide bonds. The van der Waals surface area contributed by atoms with E-state index < -0.39 is 5.76 Å². The number of nitrogens with zero attached hydrogens (tertiary/aromatic N) is 4. The molecule has 0 aliphatic heterocycles. The molecule has 90 valence electrons. The van der Waals surface area contributed by atoms with Crippen LogP contribution in [-0.2, 0) is 0 Å². The van der Waals surface area contributed by atoms with Crippen molar-refractivity contribution in [2.45, 2.75) is 6.92 Å². The molecule has 0 saturated heterocycles. The van der Waals surface area contributed by atoms with Gasteiger partial charge in [0.1, 0.15) is 0 Å². The number of hydrogen-bond donors (Lipinski definition) is 1. The summed E-state index contributed by atoms with van der Waals surface area (Å²) in [5, 5.41) is 10.3. The largest absolute Gasteiger partial charge is 0.434 e. The van der Waals surface area contributed by atoms with Gasteiger partial charge in [-0.1, -0.05) is 0 Å². The second-order valence-corrected chi connectivity index (χ2v) is 3.70. The number of hydrogen-bond acceptors (Lipinski definition) is 5. The van der Waals surface area contributed by atoms with Crippen LogP contribution in [0, 0.1) is 6.92 Å². The van der Waals surface area contributed by atoms with Crippen LogP contribution < -0.4 is 5.76 Å². The standard InChI is InChI=1S/C11H9N5O2/c1-7-9(10-13-14-11(17)18-10)6-16(15-7)8-3-2-4-12-5-8/h2-6H,1H3,(H,14,17). The number of rotatable bonds is 2. The molecule has 0 fully saturated rings. The molecule has 0 atom stereocenters. The summed E-state index contributed by atoms with van der Waals surface area (Å²) in [6, 6.07) is 3.70. The van der Waals surface area contributed by atoms with E-state index in [1.165, 1.54) is 0 Å². The topological polar surface area (TPSA) is 89.6 Å². The monoisotopic (exact) mass is 243 g/mol. The first kappa shape index (κ1) is 10.5. The summed E-state index contributed by atoms with van der Waals surface area (Å²) in [4.78, 5) is 15.0. The molecule has 0 bridgehead atoms. The summed E-state index contributed by atoms with van der Waals surface area (Å²) < 4.78 is 6.57. The van der Waals surface area contributed by atoms with Crippen LogP contribution in [0.4, 0.5) is 0 Å². The van der Waals surface area contributed by atoms with Gasteiger partial charge in [0, 0.05) is 12.4 Å². The number of aromatic amines is 1. The van der Waals surface area contributed by atoms with E-state index in [2.05, 4.69) is 20.3 Å². The zero-order chi connectivity index (χ0) is 12.5. The average molecular weight is 243 g/mol. The number of H-pyrrole nitrogens is 1. The predicted molar refractivity (Wildman–Crippen MR) is 62.2 cm³/mol. The van der Waals surface area contributed by atoms with Crippen molar-refractivity contribution in [3.63, 3.8) is 0 Å². The molecular formula is C11H9N5O2. The van der Waals surface area contributed by atoms with E-state index in [9.17, 15) is 4.79 Å². The molecule has 3 aromatic rings. The minimum atomic E-state index is -0.585. The molecule has 0 aliphatic carbocycles. The normalized spacial score (nSPS) is 10.7. The maximum Gasteiger partial charge on any atom is 0.434 e. The van der Waals surface area contributed by atoms with Crippen LogP contribution in [0.3, 0.4) is 0 Å². The Morgan fingerprint density at radius 2 is 2.33 bits per heavy atom. The molecule has 18 heavy (non-hydrogen) atoms. The number of aromatic nitrogens is 5. The van der Waals surface area contributed by atoms with Gasteiger partial charge in [-0.3, -0.25) is 4.98 Å². The second-order valence-electron chi connectivity index (χ2n) is 3.70. The maximum atomic E-state index is 10.9. The molecule has 7 heteroatoms. The summed E-state index contributed by atoms with van der Waals surface area (Å²) in [5.74, 6) is -0.355. The zero-order valence-corrected chi connectivity index (χ0v) is 9.49. The Morgan fingerprint density at radius 1 is 1.44 bits per heavy atom. The summed E-state index contributed by atoms with van der Waals surface area (Å²) in [6.07, 6.45) is 5.12. The molecule has 0 radical (unpaired) electrons. The molecule has 0 aromatic carbocycles. The molecule has 7 nitrogen and oxygen atoms in total. The zero-order valence-electron chi connectivity index (χ0n) is 9.49. The van der Waals surface area contributed by atoms with E-state index in [0.29, 0.717) is 11.3 Å². The average Bonchev–Trinajstić information content (AvgIpc) is 2.97. The van der Waals surface area contributed by atoms with Gasteiger partial charge in [-0.15, -0.1) is 5.10 Å².